The van der Waals surface area contributed by atoms with Crippen LogP contribution in [-0.2, 0) is 9.47 Å². The number of allylic oxidation sites excluding steroid dienone is 1. The van der Waals surface area contributed by atoms with Crippen molar-refractivity contribution in [1.29, 1.82) is 0 Å². The molecule has 1 saturated heterocycles. The Balaban J connectivity index is 1.37. The maximum Gasteiger partial charge on any atom is 0.201 e. The summed E-state index contributed by atoms with van der Waals surface area (Å²) >= 11 is 0. The highest BCUT2D eigenvalue weighted by atomic mass is 19.2. The molecule has 1 fully saturated rings. The van der Waals surface area contributed by atoms with Crippen molar-refractivity contribution in [3.8, 4) is 28.0 Å². The van der Waals surface area contributed by atoms with E-state index in [-0.39, 0.29) is 11.3 Å². The summed E-state index contributed by atoms with van der Waals surface area (Å²) in [5.41, 5.74) is 2.28. The number of halogens is 3. The number of unbranched alkanes of at least 4 members (excludes halogenated alkanes) is 5. The lowest BCUT2D eigenvalue weighted by atomic mass is 9.98. The first-order chi connectivity index (χ1) is 19.5. The third-order valence-corrected chi connectivity index (χ3v) is 7.32. The summed E-state index contributed by atoms with van der Waals surface area (Å²) in [4.78, 5) is 0. The van der Waals surface area contributed by atoms with Crippen molar-refractivity contribution in [3.63, 3.8) is 0 Å². The van der Waals surface area contributed by atoms with Crippen LogP contribution >= 0.6 is 0 Å². The van der Waals surface area contributed by atoms with Crippen molar-refractivity contribution < 1.29 is 27.4 Å². The second kappa shape index (κ2) is 15.1. The molecule has 0 aromatic heterocycles. The molecule has 40 heavy (non-hydrogen) atoms. The summed E-state index contributed by atoms with van der Waals surface area (Å²) in [7, 11) is 0. The minimum absolute atomic E-state index is 0.0770. The first-order valence-electron chi connectivity index (χ1n) is 14.4. The van der Waals surface area contributed by atoms with Crippen LogP contribution in [0.4, 0.5) is 13.2 Å². The number of rotatable bonds is 14. The van der Waals surface area contributed by atoms with Gasteiger partial charge in [0.15, 0.2) is 17.9 Å². The molecule has 214 valence electrons. The molecule has 0 saturated carbocycles. The monoisotopic (exact) mass is 552 g/mol. The molecule has 0 amide bonds. The van der Waals surface area contributed by atoms with E-state index in [4.69, 9.17) is 14.2 Å². The van der Waals surface area contributed by atoms with Gasteiger partial charge in [-0.15, -0.1) is 6.58 Å². The van der Waals surface area contributed by atoms with Crippen molar-refractivity contribution in [1.82, 2.24) is 0 Å². The van der Waals surface area contributed by atoms with E-state index < -0.39 is 23.7 Å². The van der Waals surface area contributed by atoms with Crippen molar-refractivity contribution in [3.05, 3.63) is 90.3 Å². The highest BCUT2D eigenvalue weighted by Crippen LogP contribution is 2.34. The molecule has 0 atom stereocenters. The van der Waals surface area contributed by atoms with E-state index in [1.54, 1.807) is 36.4 Å². The number of ether oxygens (including phenoxy) is 3. The fourth-order valence-electron chi connectivity index (χ4n) is 4.93. The molecule has 6 heteroatoms. The van der Waals surface area contributed by atoms with Gasteiger partial charge in [-0.3, -0.25) is 0 Å². The molecule has 4 rings (SSSR count). The van der Waals surface area contributed by atoms with Gasteiger partial charge in [0, 0.05) is 22.6 Å². The molecule has 3 nitrogen and oxygen atoms in total. The Bertz CT molecular complexity index is 1230. The van der Waals surface area contributed by atoms with Gasteiger partial charge in [-0.1, -0.05) is 81.5 Å². The molecule has 0 radical (unpaired) electrons. The first-order valence-corrected chi connectivity index (χ1v) is 14.4. The molecule has 0 aliphatic carbocycles. The fraction of sp³-hybridized carbons (Fsp3) is 0.412. The van der Waals surface area contributed by atoms with Crippen molar-refractivity contribution >= 4 is 0 Å². The van der Waals surface area contributed by atoms with E-state index in [0.717, 1.165) is 32.1 Å². The molecule has 1 heterocycles. The van der Waals surface area contributed by atoms with E-state index in [9.17, 15) is 8.78 Å². The zero-order valence-electron chi connectivity index (χ0n) is 23.3. The molecular formula is C34H39F3O3. The quantitative estimate of drug-likeness (QED) is 0.147. The van der Waals surface area contributed by atoms with Crippen LogP contribution in [0.3, 0.4) is 0 Å². The highest BCUT2D eigenvalue weighted by Gasteiger charge is 2.24. The predicted octanol–water partition coefficient (Wildman–Crippen LogP) is 9.80. The molecule has 0 N–H and O–H groups in total. The van der Waals surface area contributed by atoms with Gasteiger partial charge in [0.1, 0.15) is 5.82 Å². The normalized spacial score (nSPS) is 17.1. The molecule has 3 aromatic rings. The summed E-state index contributed by atoms with van der Waals surface area (Å²) in [6, 6.07) is 14.6. The van der Waals surface area contributed by atoms with E-state index in [1.807, 2.05) is 6.08 Å². The van der Waals surface area contributed by atoms with Gasteiger partial charge in [-0.05, 0) is 48.6 Å². The topological polar surface area (TPSA) is 27.7 Å². The van der Waals surface area contributed by atoms with Gasteiger partial charge >= 0.3 is 0 Å². The number of hydrogen-bond donors (Lipinski definition) is 0. The number of benzene rings is 3. The summed E-state index contributed by atoms with van der Waals surface area (Å²) in [6.45, 7) is 7.39. The number of hydrogen-bond acceptors (Lipinski definition) is 3. The lowest BCUT2D eigenvalue weighted by Gasteiger charge is -2.29. The SMILES string of the molecule is C=CCCC1COC(c2ccc(-c3ccc(-c4ccc(OCCCCCCCC)c(F)c4F)cc3)c(F)c2)OC1. The summed E-state index contributed by atoms with van der Waals surface area (Å²) in [5.74, 6) is -2.12. The molecule has 0 spiro atoms. The van der Waals surface area contributed by atoms with Gasteiger partial charge in [0.25, 0.3) is 0 Å². The van der Waals surface area contributed by atoms with E-state index in [2.05, 4.69) is 13.5 Å². The predicted molar refractivity (Wildman–Crippen MR) is 154 cm³/mol. The summed E-state index contributed by atoms with van der Waals surface area (Å²) in [5, 5.41) is 0. The minimum Gasteiger partial charge on any atom is -0.490 e. The average molecular weight is 553 g/mol. The standard InChI is InChI=1S/C34H39F3O3/c1-3-5-7-8-9-10-20-38-31-19-18-29(32(36)33(31)37)26-14-12-25(13-15-26)28-17-16-27(21-30(28)35)34-39-22-24(23-40-34)11-6-4-2/h4,12-19,21,24,34H,2-3,5-11,20,22-23H2,1H3. The third-order valence-electron chi connectivity index (χ3n) is 7.32. The van der Waals surface area contributed by atoms with Crippen LogP contribution in [0.2, 0.25) is 0 Å². The van der Waals surface area contributed by atoms with Crippen LogP contribution in [0.1, 0.15) is 70.1 Å². The lowest BCUT2D eigenvalue weighted by Crippen LogP contribution is -2.27. The maximum absolute atomic E-state index is 15.1. The van der Waals surface area contributed by atoms with Gasteiger partial charge in [-0.2, -0.15) is 4.39 Å². The van der Waals surface area contributed by atoms with Gasteiger partial charge < -0.3 is 14.2 Å². The Morgan fingerprint density at radius 2 is 1.48 bits per heavy atom. The van der Waals surface area contributed by atoms with Gasteiger partial charge in [0.05, 0.1) is 19.8 Å². The van der Waals surface area contributed by atoms with Crippen LogP contribution in [-0.4, -0.2) is 19.8 Å². The Morgan fingerprint density at radius 1 is 0.825 bits per heavy atom. The second-order valence-corrected chi connectivity index (χ2v) is 10.4. The van der Waals surface area contributed by atoms with Crippen molar-refractivity contribution in [2.24, 2.45) is 5.92 Å². The molecule has 1 aliphatic heterocycles. The van der Waals surface area contributed by atoms with Crippen LogP contribution < -0.4 is 4.74 Å². The van der Waals surface area contributed by atoms with Crippen molar-refractivity contribution in [2.45, 2.75) is 64.6 Å². The fourth-order valence-corrected chi connectivity index (χ4v) is 4.93. The average Bonchev–Trinajstić information content (AvgIpc) is 2.98. The first kappa shape index (κ1) is 29.9. The maximum atomic E-state index is 15.1. The smallest absolute Gasteiger partial charge is 0.201 e. The highest BCUT2D eigenvalue weighted by molar-refractivity contribution is 5.71. The lowest BCUT2D eigenvalue weighted by molar-refractivity contribution is -0.205. The molecule has 3 aromatic carbocycles. The van der Waals surface area contributed by atoms with E-state index >= 15 is 4.39 Å². The largest absolute Gasteiger partial charge is 0.490 e. The zero-order valence-corrected chi connectivity index (χ0v) is 23.3. The van der Waals surface area contributed by atoms with Gasteiger partial charge in [0.2, 0.25) is 5.82 Å². The molecule has 1 aliphatic rings. The third kappa shape index (κ3) is 7.76. The zero-order chi connectivity index (χ0) is 28.3. The van der Waals surface area contributed by atoms with E-state index in [1.165, 1.54) is 37.5 Å². The Labute approximate surface area is 236 Å². The van der Waals surface area contributed by atoms with Crippen molar-refractivity contribution in [2.75, 3.05) is 19.8 Å². The van der Waals surface area contributed by atoms with Crippen LogP contribution in [0, 0.1) is 23.4 Å². The Hall–Kier alpha value is -3.09. The Kier molecular flexibility index (Phi) is 11.2. The van der Waals surface area contributed by atoms with E-state index in [0.29, 0.717) is 48.0 Å². The molecular weight excluding hydrogens is 513 g/mol. The minimum atomic E-state index is -0.992. The summed E-state index contributed by atoms with van der Waals surface area (Å²) < 4.78 is 61.8. The second-order valence-electron chi connectivity index (χ2n) is 10.4. The summed E-state index contributed by atoms with van der Waals surface area (Å²) in [6.07, 6.45) is 9.67. The Morgan fingerprint density at radius 3 is 2.15 bits per heavy atom. The van der Waals surface area contributed by atoms with Gasteiger partial charge in [-0.25, -0.2) is 8.78 Å². The van der Waals surface area contributed by atoms with Crippen LogP contribution in [0.25, 0.3) is 22.3 Å². The molecule has 0 bridgehead atoms. The molecule has 0 unspecified atom stereocenters. The van der Waals surface area contributed by atoms with Crippen LogP contribution in [0.5, 0.6) is 5.75 Å². The van der Waals surface area contributed by atoms with Crippen LogP contribution in [0.15, 0.2) is 67.3 Å².